The number of aromatic nitrogens is 2. The minimum atomic E-state index is -1.32. The Kier molecular flexibility index (Phi) is 7.34. The maximum absolute atomic E-state index is 13.9. The molecule has 1 aliphatic heterocycles. The molecule has 0 fully saturated rings. The van der Waals surface area contributed by atoms with Gasteiger partial charge in [-0.1, -0.05) is 12.1 Å². The number of non-ortho nitro benzene ring substituents is 1. The fraction of sp³-hybridized carbons (Fsp3) is 0.217. The number of carbonyl (C=O) groups excluding carboxylic acids is 2. The van der Waals surface area contributed by atoms with Crippen LogP contribution in [0, 0.1) is 15.9 Å². The Morgan fingerprint density at radius 2 is 2.14 bits per heavy atom. The number of nitrogens with one attached hydrogen (secondary N) is 3. The predicted molar refractivity (Wildman–Crippen MR) is 130 cm³/mol. The number of alkyl carbamates (subject to hydrolysis) is 1. The number of amides is 2. The molecule has 0 saturated heterocycles. The van der Waals surface area contributed by atoms with Crippen LogP contribution >= 0.6 is 11.6 Å². The molecule has 0 saturated carbocycles. The summed E-state index contributed by atoms with van der Waals surface area (Å²) < 4.78 is 24.9. The molecule has 1 unspecified atom stereocenters. The number of halogens is 2. The van der Waals surface area contributed by atoms with E-state index in [2.05, 4.69) is 25.9 Å². The van der Waals surface area contributed by atoms with Crippen molar-refractivity contribution in [2.45, 2.75) is 25.5 Å². The normalized spacial score (nSPS) is 16.1. The fourth-order valence-corrected chi connectivity index (χ4v) is 3.55. The third-order valence-corrected chi connectivity index (χ3v) is 5.57. The lowest BCUT2D eigenvalue weighted by atomic mass is 9.99. The van der Waals surface area contributed by atoms with E-state index in [1.54, 1.807) is 31.2 Å². The zero-order valence-electron chi connectivity index (χ0n) is 19.3. The number of ether oxygens (including phenoxy) is 2. The molecule has 4 rings (SSSR count). The Morgan fingerprint density at radius 3 is 2.92 bits per heavy atom. The zero-order valence-corrected chi connectivity index (χ0v) is 20.0. The van der Waals surface area contributed by atoms with E-state index in [-0.39, 0.29) is 36.4 Å². The third-order valence-electron chi connectivity index (χ3n) is 5.39. The molecule has 0 spiro atoms. The number of anilines is 3. The minimum Gasteiger partial charge on any atom is -0.475 e. The van der Waals surface area contributed by atoms with Gasteiger partial charge in [0.25, 0.3) is 11.6 Å². The van der Waals surface area contributed by atoms with Crippen molar-refractivity contribution < 1.29 is 28.4 Å². The lowest BCUT2D eigenvalue weighted by Crippen LogP contribution is -2.49. The first-order valence-corrected chi connectivity index (χ1v) is 11.2. The molecule has 3 N–H and O–H groups in total. The van der Waals surface area contributed by atoms with Crippen molar-refractivity contribution in [3.63, 3.8) is 0 Å². The summed E-state index contributed by atoms with van der Waals surface area (Å²) in [7, 11) is 0. The van der Waals surface area contributed by atoms with Crippen molar-refractivity contribution in [1.82, 2.24) is 15.3 Å². The summed E-state index contributed by atoms with van der Waals surface area (Å²) in [6.45, 7) is 1.46. The van der Waals surface area contributed by atoms with E-state index in [0.29, 0.717) is 22.7 Å². The van der Waals surface area contributed by atoms with Crippen LogP contribution in [-0.2, 0) is 16.1 Å². The number of hydrogen-bond acceptors (Lipinski definition) is 9. The van der Waals surface area contributed by atoms with E-state index in [9.17, 15) is 24.1 Å². The Morgan fingerprint density at radius 1 is 1.32 bits per heavy atom. The van der Waals surface area contributed by atoms with Gasteiger partial charge in [0, 0.05) is 30.8 Å². The third kappa shape index (κ3) is 6.19. The first kappa shape index (κ1) is 25.6. The minimum absolute atomic E-state index is 0.0314. The maximum Gasteiger partial charge on any atom is 0.407 e. The van der Waals surface area contributed by atoms with E-state index in [4.69, 9.17) is 21.1 Å². The van der Waals surface area contributed by atoms with Crippen molar-refractivity contribution in [2.24, 2.45) is 0 Å². The molecule has 3 aromatic rings. The molecule has 37 heavy (non-hydrogen) atoms. The highest BCUT2D eigenvalue weighted by molar-refractivity contribution is 6.28. The van der Waals surface area contributed by atoms with E-state index in [1.165, 1.54) is 18.2 Å². The van der Waals surface area contributed by atoms with Gasteiger partial charge in [-0.25, -0.2) is 14.2 Å². The molecule has 0 radical (unpaired) electrons. The van der Waals surface area contributed by atoms with E-state index < -0.39 is 28.3 Å². The average Bonchev–Trinajstić information content (AvgIpc) is 2.86. The summed E-state index contributed by atoms with van der Waals surface area (Å²) in [5.74, 6) is -0.934. The first-order valence-electron chi connectivity index (χ1n) is 10.9. The van der Waals surface area contributed by atoms with Crippen LogP contribution in [0.1, 0.15) is 18.9 Å². The molecule has 1 aliphatic rings. The topological polar surface area (TPSA) is 158 Å². The summed E-state index contributed by atoms with van der Waals surface area (Å²) in [6.07, 6.45) is 0.231. The van der Waals surface area contributed by atoms with Crippen molar-refractivity contribution in [1.29, 1.82) is 0 Å². The fourth-order valence-electron chi connectivity index (χ4n) is 3.42. The Bertz CT molecular complexity index is 1380. The van der Waals surface area contributed by atoms with Crippen LogP contribution in [0.25, 0.3) is 0 Å². The van der Waals surface area contributed by atoms with Gasteiger partial charge >= 0.3 is 6.09 Å². The predicted octanol–water partition coefficient (Wildman–Crippen LogP) is 4.33. The van der Waals surface area contributed by atoms with E-state index in [1.807, 2.05) is 0 Å². The second-order valence-electron chi connectivity index (χ2n) is 8.13. The monoisotopic (exact) mass is 530 g/mol. The Labute approximate surface area is 214 Å². The first-order chi connectivity index (χ1) is 17.6. The second kappa shape index (κ2) is 10.6. The highest BCUT2D eigenvalue weighted by Gasteiger charge is 2.40. The number of fused-ring (bicyclic) bond motifs is 1. The van der Waals surface area contributed by atoms with Crippen molar-refractivity contribution in [2.75, 3.05) is 17.2 Å². The molecular formula is C23H20ClFN6O6. The van der Waals surface area contributed by atoms with Gasteiger partial charge in [-0.15, -0.1) is 0 Å². The molecule has 2 amide bonds. The number of nitrogens with zero attached hydrogens (tertiary/aromatic N) is 3. The van der Waals surface area contributed by atoms with Crippen molar-refractivity contribution in [3.8, 4) is 5.75 Å². The molecule has 0 bridgehead atoms. The summed E-state index contributed by atoms with van der Waals surface area (Å²) in [5, 5.41) is 18.7. The molecule has 1 atom stereocenters. The number of nitro benzene ring substituents is 1. The molecule has 192 valence electrons. The quantitative estimate of drug-likeness (QED) is 0.219. The molecule has 12 nitrogen and oxygen atoms in total. The van der Waals surface area contributed by atoms with Crippen LogP contribution in [0.2, 0.25) is 5.28 Å². The van der Waals surface area contributed by atoms with Crippen LogP contribution in [0.15, 0.2) is 48.7 Å². The summed E-state index contributed by atoms with van der Waals surface area (Å²) >= 11 is 5.71. The van der Waals surface area contributed by atoms with Gasteiger partial charge in [0.2, 0.25) is 5.28 Å². The highest BCUT2D eigenvalue weighted by atomic mass is 35.5. The van der Waals surface area contributed by atoms with Crippen molar-refractivity contribution in [3.05, 3.63) is 75.4 Å². The van der Waals surface area contributed by atoms with Crippen LogP contribution in [0.3, 0.4) is 0 Å². The lowest BCUT2D eigenvalue weighted by Gasteiger charge is -2.34. The van der Waals surface area contributed by atoms with Gasteiger partial charge in [0.05, 0.1) is 23.4 Å². The number of nitro groups is 1. The largest absolute Gasteiger partial charge is 0.475 e. The van der Waals surface area contributed by atoms with Crippen LogP contribution in [-0.4, -0.2) is 39.1 Å². The Hall–Kier alpha value is -4.52. The SMILES string of the molecule is CC1(CCOC(=O)NCc2cccc([N+](=O)[O-])c2)Oc2ccc(Nc3nc(Cl)ncc3F)cc2NC1=O. The van der Waals surface area contributed by atoms with Gasteiger partial charge in [-0.05, 0) is 42.3 Å². The summed E-state index contributed by atoms with van der Waals surface area (Å²) in [4.78, 5) is 42.4. The molecule has 0 aliphatic carbocycles. The lowest BCUT2D eigenvalue weighted by molar-refractivity contribution is -0.384. The van der Waals surface area contributed by atoms with E-state index in [0.717, 1.165) is 6.20 Å². The van der Waals surface area contributed by atoms with Crippen LogP contribution < -0.4 is 20.7 Å². The summed E-state index contributed by atoms with van der Waals surface area (Å²) in [6, 6.07) is 10.6. The van der Waals surface area contributed by atoms with E-state index >= 15 is 0 Å². The molecular weight excluding hydrogens is 511 g/mol. The molecule has 2 heterocycles. The average molecular weight is 531 g/mol. The number of benzene rings is 2. The second-order valence-corrected chi connectivity index (χ2v) is 8.46. The zero-order chi connectivity index (χ0) is 26.6. The highest BCUT2D eigenvalue weighted by Crippen LogP contribution is 2.37. The maximum atomic E-state index is 13.9. The van der Waals surface area contributed by atoms with Crippen LogP contribution in [0.4, 0.5) is 32.1 Å². The molecule has 2 aromatic carbocycles. The molecule has 14 heteroatoms. The van der Waals surface area contributed by atoms with Crippen molar-refractivity contribution >= 4 is 46.5 Å². The molecule has 1 aromatic heterocycles. The summed E-state index contributed by atoms with van der Waals surface area (Å²) in [5.41, 5.74) is -0.111. The number of rotatable bonds is 8. The van der Waals surface area contributed by atoms with Gasteiger partial charge < -0.3 is 25.4 Å². The van der Waals surface area contributed by atoms with Gasteiger partial charge in [0.1, 0.15) is 5.75 Å². The smallest absolute Gasteiger partial charge is 0.407 e. The number of carbonyl (C=O) groups is 2. The Balaban J connectivity index is 1.31. The number of hydrogen-bond donors (Lipinski definition) is 3. The standard InChI is InChI=1S/C23H20ClFN6O6/c1-23(7-8-36-22(33)27-11-13-3-2-4-15(9-13)31(34)35)20(32)29-17-10-14(5-6-18(17)37-23)28-19-16(25)12-26-21(24)30-19/h2-6,9-10,12H,7-8,11H2,1H3,(H,27,33)(H,29,32)(H,26,28,30). The van der Waals surface area contributed by atoms with Gasteiger partial charge in [-0.3, -0.25) is 14.9 Å². The van der Waals surface area contributed by atoms with Gasteiger partial charge in [-0.2, -0.15) is 4.98 Å². The van der Waals surface area contributed by atoms with Crippen LogP contribution in [0.5, 0.6) is 5.75 Å². The van der Waals surface area contributed by atoms with Gasteiger partial charge in [0.15, 0.2) is 17.2 Å².